The van der Waals surface area contributed by atoms with Crippen LogP contribution in [0.4, 0.5) is 5.13 Å². The second-order valence-electron chi connectivity index (χ2n) is 8.17. The van der Waals surface area contributed by atoms with Crippen molar-refractivity contribution in [2.24, 2.45) is 11.7 Å². The number of anilines is 1. The molecule has 2 amide bonds. The fourth-order valence-electron chi connectivity index (χ4n) is 3.86. The topological polar surface area (TPSA) is 102 Å². The van der Waals surface area contributed by atoms with Gasteiger partial charge in [0, 0.05) is 56.5 Å². The maximum atomic E-state index is 12.7. The zero-order chi connectivity index (χ0) is 22.9. The molecule has 2 heterocycles. The van der Waals surface area contributed by atoms with Crippen LogP contribution >= 0.6 is 11.5 Å². The molecule has 0 atom stereocenters. The van der Waals surface area contributed by atoms with Gasteiger partial charge in [0.05, 0.1) is 7.11 Å². The van der Waals surface area contributed by atoms with Crippen LogP contribution in [0.3, 0.4) is 0 Å². The third-order valence-corrected chi connectivity index (χ3v) is 6.67. The Bertz CT molecular complexity index is 895. The zero-order valence-electron chi connectivity index (χ0n) is 19.0. The third kappa shape index (κ3) is 6.66. The highest BCUT2D eigenvalue weighted by Crippen LogP contribution is 2.22. The molecule has 2 N–H and O–H groups in total. The van der Waals surface area contributed by atoms with Crippen molar-refractivity contribution in [3.05, 3.63) is 35.7 Å². The highest BCUT2D eigenvalue weighted by Gasteiger charge is 2.26. The van der Waals surface area contributed by atoms with Crippen molar-refractivity contribution in [1.29, 1.82) is 0 Å². The molecule has 1 aliphatic rings. The van der Waals surface area contributed by atoms with E-state index in [9.17, 15) is 9.59 Å². The first-order chi connectivity index (χ1) is 15.5. The van der Waals surface area contributed by atoms with Crippen LogP contribution in [0.5, 0.6) is 5.75 Å². The van der Waals surface area contributed by atoms with Crippen molar-refractivity contribution in [1.82, 2.24) is 14.3 Å². The Morgan fingerprint density at radius 3 is 2.75 bits per heavy atom. The van der Waals surface area contributed by atoms with Crippen molar-refractivity contribution < 1.29 is 14.3 Å². The predicted octanol–water partition coefficient (Wildman–Crippen LogP) is 2.86. The smallest absolute Gasteiger partial charge is 0.224 e. The average Bonchev–Trinajstić information content (AvgIpc) is 3.27. The quantitative estimate of drug-likeness (QED) is 0.554. The number of carbonyl (C=O) groups excluding carboxylic acids is 2. The lowest BCUT2D eigenvalue weighted by atomic mass is 9.96. The molecule has 0 saturated carbocycles. The molecule has 1 fully saturated rings. The van der Waals surface area contributed by atoms with Gasteiger partial charge in [-0.1, -0.05) is 25.5 Å². The van der Waals surface area contributed by atoms with Crippen LogP contribution in [0.25, 0.3) is 0 Å². The van der Waals surface area contributed by atoms with E-state index in [2.05, 4.69) is 16.2 Å². The Kier molecular flexibility index (Phi) is 8.84. The summed E-state index contributed by atoms with van der Waals surface area (Å²) in [4.78, 5) is 32.9. The first-order valence-corrected chi connectivity index (χ1v) is 12.0. The summed E-state index contributed by atoms with van der Waals surface area (Å²) in [5.74, 6) is 1.35. The second kappa shape index (κ2) is 11.8. The van der Waals surface area contributed by atoms with Crippen LogP contribution in [0.2, 0.25) is 0 Å². The Hall–Kier alpha value is -2.68. The Balaban J connectivity index is 1.58. The summed E-state index contributed by atoms with van der Waals surface area (Å²) in [6, 6.07) is 7.92. The predicted molar refractivity (Wildman–Crippen MR) is 126 cm³/mol. The molecule has 2 aromatic rings. The summed E-state index contributed by atoms with van der Waals surface area (Å²) < 4.78 is 9.84. The monoisotopic (exact) mass is 459 g/mol. The van der Waals surface area contributed by atoms with E-state index in [1.54, 1.807) is 7.11 Å². The number of methoxy groups -OCH3 is 1. The number of piperidine rings is 1. The molecule has 0 radical (unpaired) electrons. The number of benzene rings is 1. The number of nitrogens with zero attached hydrogens (tertiary/aromatic N) is 4. The van der Waals surface area contributed by atoms with E-state index in [-0.39, 0.29) is 17.7 Å². The number of unbranched alkanes of at least 4 members (excludes halogenated alkanes) is 1. The van der Waals surface area contributed by atoms with Crippen molar-refractivity contribution in [3.63, 3.8) is 0 Å². The summed E-state index contributed by atoms with van der Waals surface area (Å²) in [5, 5.41) is 0.858. The van der Waals surface area contributed by atoms with Crippen LogP contribution in [0, 0.1) is 5.92 Å². The fourth-order valence-corrected chi connectivity index (χ4v) is 4.60. The number of nitrogens with two attached hydrogens (primary N) is 1. The number of aromatic nitrogens is 2. The van der Waals surface area contributed by atoms with Gasteiger partial charge in [0.2, 0.25) is 16.9 Å². The molecule has 9 heteroatoms. The molecular formula is C23H33N5O3S. The zero-order valence-corrected chi connectivity index (χ0v) is 19.8. The van der Waals surface area contributed by atoms with E-state index in [1.807, 2.05) is 29.2 Å². The molecule has 0 spiro atoms. The van der Waals surface area contributed by atoms with Crippen molar-refractivity contribution >= 4 is 28.5 Å². The van der Waals surface area contributed by atoms with E-state index in [4.69, 9.17) is 15.5 Å². The molecular weight excluding hydrogens is 426 g/mol. The molecule has 174 valence electrons. The lowest BCUT2D eigenvalue weighted by Gasteiger charge is -2.31. The number of primary amides is 1. The largest absolute Gasteiger partial charge is 0.497 e. The van der Waals surface area contributed by atoms with E-state index < -0.39 is 0 Å². The van der Waals surface area contributed by atoms with Gasteiger partial charge in [-0.05, 0) is 37.0 Å². The summed E-state index contributed by atoms with van der Waals surface area (Å²) in [7, 11) is 1.66. The molecule has 3 rings (SSSR count). The van der Waals surface area contributed by atoms with E-state index in [0.717, 1.165) is 41.7 Å². The number of amides is 2. The lowest BCUT2D eigenvalue weighted by molar-refractivity contribution is -0.134. The molecule has 1 aromatic heterocycles. The number of rotatable bonds is 11. The van der Waals surface area contributed by atoms with Gasteiger partial charge in [-0.25, -0.2) is 4.98 Å². The van der Waals surface area contributed by atoms with Gasteiger partial charge in [0.25, 0.3) is 0 Å². The second-order valence-corrected chi connectivity index (χ2v) is 8.90. The Morgan fingerprint density at radius 2 is 2.06 bits per heavy atom. The van der Waals surface area contributed by atoms with Gasteiger partial charge in [-0.15, -0.1) is 0 Å². The average molecular weight is 460 g/mol. The minimum absolute atomic E-state index is 0.107. The summed E-state index contributed by atoms with van der Waals surface area (Å²) in [6.07, 6.45) is 4.48. The summed E-state index contributed by atoms with van der Waals surface area (Å²) >= 11 is 1.39. The molecule has 1 aromatic carbocycles. The normalized spacial score (nSPS) is 14.4. The SMILES string of the molecule is CCCCN(CCC(=O)N1CCC(C(N)=O)CC1)c1nc(Cc2cccc(OC)c2)ns1. The van der Waals surface area contributed by atoms with Gasteiger partial charge in [-0.3, -0.25) is 9.59 Å². The van der Waals surface area contributed by atoms with Crippen molar-refractivity contribution in [2.75, 3.05) is 38.2 Å². The highest BCUT2D eigenvalue weighted by molar-refractivity contribution is 7.09. The maximum Gasteiger partial charge on any atom is 0.224 e. The molecule has 1 aliphatic heterocycles. The van der Waals surface area contributed by atoms with E-state index in [1.165, 1.54) is 11.5 Å². The highest BCUT2D eigenvalue weighted by atomic mass is 32.1. The van der Waals surface area contributed by atoms with Crippen LogP contribution in [-0.4, -0.2) is 59.4 Å². The Morgan fingerprint density at radius 1 is 1.28 bits per heavy atom. The fraction of sp³-hybridized carbons (Fsp3) is 0.565. The van der Waals surface area contributed by atoms with Crippen molar-refractivity contribution in [2.45, 2.75) is 45.4 Å². The first kappa shape index (κ1) is 24.0. The number of likely N-dealkylation sites (tertiary alicyclic amines) is 1. The van der Waals surface area contributed by atoms with Gasteiger partial charge in [-0.2, -0.15) is 4.37 Å². The van der Waals surface area contributed by atoms with Gasteiger partial charge < -0.3 is 20.3 Å². The summed E-state index contributed by atoms with van der Waals surface area (Å²) in [5.41, 5.74) is 6.50. The number of ether oxygens (including phenoxy) is 1. The minimum Gasteiger partial charge on any atom is -0.497 e. The van der Waals surface area contributed by atoms with Gasteiger partial charge >= 0.3 is 0 Å². The Labute approximate surface area is 193 Å². The van der Waals surface area contributed by atoms with Gasteiger partial charge in [0.1, 0.15) is 11.6 Å². The van der Waals surface area contributed by atoms with Crippen LogP contribution in [0.15, 0.2) is 24.3 Å². The maximum absolute atomic E-state index is 12.7. The summed E-state index contributed by atoms with van der Waals surface area (Å²) in [6.45, 7) is 4.82. The van der Waals surface area contributed by atoms with Crippen LogP contribution in [0.1, 0.15) is 50.4 Å². The van der Waals surface area contributed by atoms with E-state index in [0.29, 0.717) is 45.3 Å². The molecule has 0 aliphatic carbocycles. The molecule has 32 heavy (non-hydrogen) atoms. The molecule has 8 nitrogen and oxygen atoms in total. The van der Waals surface area contributed by atoms with Crippen LogP contribution < -0.4 is 15.4 Å². The lowest BCUT2D eigenvalue weighted by Crippen LogP contribution is -2.42. The molecule has 0 unspecified atom stereocenters. The number of carbonyl (C=O) groups is 2. The van der Waals surface area contributed by atoms with E-state index >= 15 is 0 Å². The molecule has 0 bridgehead atoms. The first-order valence-electron chi connectivity index (χ1n) is 11.3. The standard InChI is InChI=1S/C23H33N5O3S/c1-3-4-11-28(14-10-21(29)27-12-8-18(9-13-27)22(24)30)23-25-20(26-32-23)16-17-6-5-7-19(15-17)31-2/h5-7,15,18H,3-4,8-14,16H2,1-2H3,(H2,24,30). The van der Waals surface area contributed by atoms with Crippen molar-refractivity contribution in [3.8, 4) is 5.75 Å². The molecule has 1 saturated heterocycles. The third-order valence-electron chi connectivity index (χ3n) is 5.85. The number of hydrogen-bond acceptors (Lipinski definition) is 7. The van der Waals surface area contributed by atoms with Gasteiger partial charge in [0.15, 0.2) is 0 Å². The minimum atomic E-state index is -0.260. The number of hydrogen-bond donors (Lipinski definition) is 1. The van der Waals surface area contributed by atoms with Crippen LogP contribution in [-0.2, 0) is 16.0 Å².